The summed E-state index contributed by atoms with van der Waals surface area (Å²) < 4.78 is 2.28. The van der Waals surface area contributed by atoms with Crippen LogP contribution in [0.15, 0.2) is 24.3 Å². The Balaban J connectivity index is 2.06. The molecule has 1 aromatic heterocycles. The number of aromatic nitrogens is 1. The maximum absolute atomic E-state index is 9.36. The van der Waals surface area contributed by atoms with Crippen LogP contribution in [0.1, 0.15) is 5.56 Å². The highest BCUT2D eigenvalue weighted by Gasteiger charge is 2.23. The van der Waals surface area contributed by atoms with E-state index in [0.29, 0.717) is 6.42 Å². The number of hydrogen-bond donors (Lipinski definition) is 2. The number of aryl methyl sites for hydroxylation is 1. The van der Waals surface area contributed by atoms with E-state index in [0.717, 1.165) is 26.2 Å². The summed E-state index contributed by atoms with van der Waals surface area (Å²) in [4.78, 5) is 4.82. The van der Waals surface area contributed by atoms with Crippen LogP contribution in [0.4, 0.5) is 5.82 Å². The van der Waals surface area contributed by atoms with Gasteiger partial charge < -0.3 is 25.2 Å². The zero-order valence-electron chi connectivity index (χ0n) is 13.5. The van der Waals surface area contributed by atoms with Crippen molar-refractivity contribution in [3.05, 3.63) is 29.8 Å². The van der Waals surface area contributed by atoms with Gasteiger partial charge in [0.05, 0.1) is 6.61 Å². The smallest absolute Gasteiger partial charge is 0.112 e. The number of hydrogen-bond acceptors (Lipinski definition) is 4. The second-order valence-electron chi connectivity index (χ2n) is 6.32. The van der Waals surface area contributed by atoms with Crippen molar-refractivity contribution in [2.24, 2.45) is 12.8 Å². The lowest BCUT2D eigenvalue weighted by Crippen LogP contribution is -2.45. The summed E-state index contributed by atoms with van der Waals surface area (Å²) in [6.45, 7) is 4.23. The number of rotatable bonds is 4. The number of benzene rings is 1. The summed E-state index contributed by atoms with van der Waals surface area (Å²) in [5, 5.41) is 10.6. The Hall–Kier alpha value is -1.56. The fourth-order valence-corrected chi connectivity index (χ4v) is 3.41. The molecule has 1 saturated heterocycles. The van der Waals surface area contributed by atoms with Crippen LogP contribution in [-0.4, -0.2) is 60.4 Å². The predicted octanol–water partition coefficient (Wildman–Crippen LogP) is 0.792. The lowest BCUT2D eigenvalue weighted by atomic mass is 10.0. The molecule has 120 valence electrons. The van der Waals surface area contributed by atoms with E-state index in [-0.39, 0.29) is 12.6 Å². The fourth-order valence-electron chi connectivity index (χ4n) is 3.41. The molecule has 1 aromatic carbocycles. The molecule has 1 unspecified atom stereocenters. The van der Waals surface area contributed by atoms with E-state index in [2.05, 4.69) is 52.7 Å². The van der Waals surface area contributed by atoms with Crippen molar-refractivity contribution in [3.8, 4) is 0 Å². The monoisotopic (exact) mass is 302 g/mol. The quantitative estimate of drug-likeness (QED) is 0.877. The van der Waals surface area contributed by atoms with E-state index in [4.69, 9.17) is 5.73 Å². The average molecular weight is 302 g/mol. The van der Waals surface area contributed by atoms with Gasteiger partial charge in [0, 0.05) is 55.7 Å². The second kappa shape index (κ2) is 6.28. The summed E-state index contributed by atoms with van der Waals surface area (Å²) in [5.41, 5.74) is 8.54. The standard InChI is InChI=1S/C17H26N4O/c1-19-7-9-21(10-8-19)17-15(11-13(18)12-22)14-5-3-4-6-16(14)20(17)2/h3-6,13,22H,7-12,18H2,1-2H3. The zero-order valence-corrected chi connectivity index (χ0v) is 13.5. The molecule has 1 aliphatic heterocycles. The molecule has 3 N–H and O–H groups in total. The highest BCUT2D eigenvalue weighted by atomic mass is 16.3. The molecule has 0 bridgehead atoms. The topological polar surface area (TPSA) is 57.7 Å². The van der Waals surface area contributed by atoms with Gasteiger partial charge in [-0.3, -0.25) is 0 Å². The predicted molar refractivity (Wildman–Crippen MR) is 91.4 cm³/mol. The number of nitrogens with zero attached hydrogens (tertiary/aromatic N) is 3. The van der Waals surface area contributed by atoms with E-state index < -0.39 is 0 Å². The van der Waals surface area contributed by atoms with Gasteiger partial charge in [-0.15, -0.1) is 0 Å². The van der Waals surface area contributed by atoms with Crippen LogP contribution >= 0.6 is 0 Å². The highest BCUT2D eigenvalue weighted by Crippen LogP contribution is 2.33. The molecule has 1 aliphatic rings. The molecule has 0 amide bonds. The number of anilines is 1. The summed E-state index contributed by atoms with van der Waals surface area (Å²) in [5.74, 6) is 1.26. The molecule has 2 aromatic rings. The Morgan fingerprint density at radius 3 is 2.50 bits per heavy atom. The lowest BCUT2D eigenvalue weighted by Gasteiger charge is -2.35. The van der Waals surface area contributed by atoms with E-state index in [1.807, 2.05) is 0 Å². The third-order valence-electron chi connectivity index (χ3n) is 4.68. The fraction of sp³-hybridized carbons (Fsp3) is 0.529. The van der Waals surface area contributed by atoms with Crippen LogP contribution in [0.2, 0.25) is 0 Å². The average Bonchev–Trinajstić information content (AvgIpc) is 2.81. The van der Waals surface area contributed by atoms with Crippen LogP contribution < -0.4 is 10.6 Å². The van der Waals surface area contributed by atoms with E-state index in [9.17, 15) is 5.11 Å². The number of para-hydroxylation sites is 1. The summed E-state index contributed by atoms with van der Waals surface area (Å²) in [7, 11) is 4.30. The van der Waals surface area contributed by atoms with Gasteiger partial charge in [-0.05, 0) is 19.5 Å². The van der Waals surface area contributed by atoms with E-state index in [1.54, 1.807) is 0 Å². The van der Waals surface area contributed by atoms with Crippen molar-refractivity contribution in [3.63, 3.8) is 0 Å². The summed E-state index contributed by atoms with van der Waals surface area (Å²) in [6.07, 6.45) is 0.708. The summed E-state index contributed by atoms with van der Waals surface area (Å²) >= 11 is 0. The van der Waals surface area contributed by atoms with Gasteiger partial charge in [-0.1, -0.05) is 18.2 Å². The van der Waals surface area contributed by atoms with Crippen molar-refractivity contribution in [2.75, 3.05) is 44.7 Å². The number of aliphatic hydroxyl groups is 1. The second-order valence-corrected chi connectivity index (χ2v) is 6.32. The van der Waals surface area contributed by atoms with Gasteiger partial charge in [0.25, 0.3) is 0 Å². The highest BCUT2D eigenvalue weighted by molar-refractivity contribution is 5.90. The van der Waals surface area contributed by atoms with Crippen molar-refractivity contribution in [1.29, 1.82) is 0 Å². The number of piperazine rings is 1. The molecule has 5 nitrogen and oxygen atoms in total. The molecule has 3 rings (SSSR count). The zero-order chi connectivity index (χ0) is 15.7. The molecular formula is C17H26N4O. The number of likely N-dealkylation sites (N-methyl/N-ethyl adjacent to an activating group) is 1. The minimum Gasteiger partial charge on any atom is -0.395 e. The Labute approximate surface area is 131 Å². The molecule has 2 heterocycles. The molecule has 0 spiro atoms. The molecule has 22 heavy (non-hydrogen) atoms. The van der Waals surface area contributed by atoms with Crippen LogP contribution in [0, 0.1) is 0 Å². The molecule has 0 aliphatic carbocycles. The van der Waals surface area contributed by atoms with E-state index >= 15 is 0 Å². The molecule has 5 heteroatoms. The van der Waals surface area contributed by atoms with Crippen molar-refractivity contribution in [1.82, 2.24) is 9.47 Å². The van der Waals surface area contributed by atoms with Crippen LogP contribution in [0.3, 0.4) is 0 Å². The van der Waals surface area contributed by atoms with Crippen molar-refractivity contribution < 1.29 is 5.11 Å². The largest absolute Gasteiger partial charge is 0.395 e. The number of aliphatic hydroxyl groups excluding tert-OH is 1. The Kier molecular flexibility index (Phi) is 4.38. The molecule has 0 saturated carbocycles. The van der Waals surface area contributed by atoms with Crippen LogP contribution in [-0.2, 0) is 13.5 Å². The van der Waals surface area contributed by atoms with Gasteiger partial charge in [0.1, 0.15) is 5.82 Å². The minimum atomic E-state index is -0.211. The Morgan fingerprint density at radius 1 is 1.14 bits per heavy atom. The molecule has 1 fully saturated rings. The molecule has 0 radical (unpaired) electrons. The number of fused-ring (bicyclic) bond motifs is 1. The van der Waals surface area contributed by atoms with Gasteiger partial charge >= 0.3 is 0 Å². The first-order chi connectivity index (χ1) is 10.6. The Bertz CT molecular complexity index is 643. The summed E-state index contributed by atoms with van der Waals surface area (Å²) in [6, 6.07) is 8.25. The van der Waals surface area contributed by atoms with Gasteiger partial charge in [0.2, 0.25) is 0 Å². The van der Waals surface area contributed by atoms with Gasteiger partial charge in [-0.2, -0.15) is 0 Å². The van der Waals surface area contributed by atoms with Crippen molar-refractivity contribution >= 4 is 16.7 Å². The van der Waals surface area contributed by atoms with E-state index in [1.165, 1.54) is 22.3 Å². The lowest BCUT2D eigenvalue weighted by molar-refractivity contribution is 0.265. The first-order valence-electron chi connectivity index (χ1n) is 7.98. The molecule has 1 atom stereocenters. The van der Waals surface area contributed by atoms with Crippen LogP contribution in [0.25, 0.3) is 10.9 Å². The van der Waals surface area contributed by atoms with Crippen molar-refractivity contribution in [2.45, 2.75) is 12.5 Å². The van der Waals surface area contributed by atoms with Gasteiger partial charge in [-0.25, -0.2) is 0 Å². The SMILES string of the molecule is CN1CCN(c2c(CC(N)CO)c3ccccc3n2C)CC1. The molecular weight excluding hydrogens is 276 g/mol. The first-order valence-corrected chi connectivity index (χ1v) is 7.98. The number of nitrogens with two attached hydrogens (primary N) is 1. The van der Waals surface area contributed by atoms with Gasteiger partial charge in [0.15, 0.2) is 0 Å². The Morgan fingerprint density at radius 2 is 1.82 bits per heavy atom. The maximum Gasteiger partial charge on any atom is 0.112 e. The maximum atomic E-state index is 9.36. The third-order valence-corrected chi connectivity index (χ3v) is 4.68. The third kappa shape index (κ3) is 2.72. The first kappa shape index (κ1) is 15.3. The normalized spacial score (nSPS) is 18.1. The van der Waals surface area contributed by atoms with Crippen LogP contribution in [0.5, 0.6) is 0 Å². The minimum absolute atomic E-state index is 0.0192.